The molecule has 0 saturated carbocycles. The molecule has 0 spiro atoms. The zero-order valence-electron chi connectivity index (χ0n) is 20.7. The molecule has 1 aromatic heterocycles. The lowest BCUT2D eigenvalue weighted by Gasteiger charge is -2.36. The van der Waals surface area contributed by atoms with Gasteiger partial charge in [-0.3, -0.25) is 9.78 Å². The maximum Gasteiger partial charge on any atom is 0.307 e. The maximum absolute atomic E-state index is 13.1. The lowest BCUT2D eigenvalue weighted by Crippen LogP contribution is -2.34. The summed E-state index contributed by atoms with van der Waals surface area (Å²) in [7, 11) is 0. The second-order valence-corrected chi connectivity index (χ2v) is 9.47. The van der Waals surface area contributed by atoms with Crippen LogP contribution in [0.3, 0.4) is 0 Å². The molecule has 35 heavy (non-hydrogen) atoms. The highest BCUT2D eigenvalue weighted by Gasteiger charge is 2.26. The summed E-state index contributed by atoms with van der Waals surface area (Å²) in [6, 6.07) is 14.4. The van der Waals surface area contributed by atoms with E-state index in [0.29, 0.717) is 18.9 Å². The summed E-state index contributed by atoms with van der Waals surface area (Å²) >= 11 is 0. The number of benzene rings is 2. The minimum atomic E-state index is -0.846. The Kier molecular flexibility index (Phi) is 7.69. The van der Waals surface area contributed by atoms with Gasteiger partial charge in [-0.05, 0) is 68.0 Å². The van der Waals surface area contributed by atoms with E-state index in [-0.39, 0.29) is 12.2 Å². The lowest BCUT2D eigenvalue weighted by atomic mass is 9.92. The topological polar surface area (TPSA) is 62.7 Å². The highest BCUT2D eigenvalue weighted by Crippen LogP contribution is 2.40. The number of aryl methyl sites for hydroxylation is 2. The summed E-state index contributed by atoms with van der Waals surface area (Å²) in [5.41, 5.74) is 6.51. The molecule has 1 aliphatic rings. The lowest BCUT2D eigenvalue weighted by molar-refractivity contribution is -0.136. The van der Waals surface area contributed by atoms with Crippen LogP contribution in [0.4, 0.5) is 10.1 Å². The molecule has 1 saturated heterocycles. The van der Waals surface area contributed by atoms with Crippen molar-refractivity contribution < 1.29 is 19.0 Å². The fourth-order valence-electron chi connectivity index (χ4n) is 4.81. The Morgan fingerprint density at radius 2 is 1.71 bits per heavy atom. The van der Waals surface area contributed by atoms with Crippen molar-refractivity contribution in [1.82, 2.24) is 4.98 Å². The molecule has 4 rings (SSSR count). The molecule has 1 fully saturated rings. The number of nitrogens with zero attached hydrogens (tertiary/aromatic N) is 2. The van der Waals surface area contributed by atoms with Gasteiger partial charge in [-0.2, -0.15) is 0 Å². The van der Waals surface area contributed by atoms with E-state index in [1.807, 2.05) is 38.1 Å². The second kappa shape index (κ2) is 10.9. The van der Waals surface area contributed by atoms with E-state index in [9.17, 15) is 14.3 Å². The third-order valence-electron chi connectivity index (χ3n) is 6.80. The highest BCUT2D eigenvalue weighted by molar-refractivity contribution is 5.86. The summed E-state index contributed by atoms with van der Waals surface area (Å²) in [6.07, 6.45) is 2.83. The smallest absolute Gasteiger partial charge is 0.307 e. The van der Waals surface area contributed by atoms with Crippen LogP contribution in [-0.4, -0.2) is 35.8 Å². The van der Waals surface area contributed by atoms with Crippen molar-refractivity contribution >= 4 is 11.7 Å². The molecular formula is C29H33FN2O3. The minimum absolute atomic E-state index is 0.0436. The van der Waals surface area contributed by atoms with Gasteiger partial charge in [0.15, 0.2) is 0 Å². The van der Waals surface area contributed by atoms with E-state index >= 15 is 0 Å². The Bertz CT molecular complexity index is 1170. The van der Waals surface area contributed by atoms with Crippen molar-refractivity contribution in [3.63, 3.8) is 0 Å². The van der Waals surface area contributed by atoms with Gasteiger partial charge in [0.05, 0.1) is 18.7 Å². The molecule has 0 amide bonds. The number of hydrogen-bond acceptors (Lipinski definition) is 4. The summed E-state index contributed by atoms with van der Waals surface area (Å²) in [5.74, 6) is 0.345. The Morgan fingerprint density at radius 1 is 1.06 bits per heavy atom. The van der Waals surface area contributed by atoms with Crippen molar-refractivity contribution in [1.29, 1.82) is 0 Å². The van der Waals surface area contributed by atoms with E-state index in [1.165, 1.54) is 12.1 Å². The number of aliphatic carboxylic acids is 1. The van der Waals surface area contributed by atoms with E-state index in [2.05, 4.69) is 11.8 Å². The Balaban J connectivity index is 1.60. The van der Waals surface area contributed by atoms with Gasteiger partial charge in [0.25, 0.3) is 0 Å². The number of pyridine rings is 1. The van der Waals surface area contributed by atoms with Crippen LogP contribution < -0.4 is 9.64 Å². The first-order valence-electron chi connectivity index (χ1n) is 12.3. The Labute approximate surface area is 206 Å². The molecule has 1 N–H and O–H groups in total. The van der Waals surface area contributed by atoms with Crippen molar-refractivity contribution in [2.45, 2.75) is 46.5 Å². The summed E-state index contributed by atoms with van der Waals surface area (Å²) in [6.45, 7) is 8.49. The molecule has 6 heteroatoms. The Morgan fingerprint density at radius 3 is 2.34 bits per heavy atom. The van der Waals surface area contributed by atoms with Gasteiger partial charge in [-0.15, -0.1) is 0 Å². The molecule has 2 aromatic carbocycles. The highest BCUT2D eigenvalue weighted by atomic mass is 19.1. The van der Waals surface area contributed by atoms with Gasteiger partial charge in [-0.25, -0.2) is 4.39 Å². The fourth-order valence-corrected chi connectivity index (χ4v) is 4.81. The number of carboxylic acid groups (broad SMARTS) is 1. The van der Waals surface area contributed by atoms with Crippen molar-refractivity contribution in [3.8, 4) is 16.9 Å². The number of ether oxygens (including phenoxy) is 1. The monoisotopic (exact) mass is 476 g/mol. The zero-order chi connectivity index (χ0) is 24.9. The molecule has 5 nitrogen and oxygen atoms in total. The zero-order valence-corrected chi connectivity index (χ0v) is 20.7. The quantitative estimate of drug-likeness (QED) is 0.433. The molecular weight excluding hydrogens is 443 g/mol. The van der Waals surface area contributed by atoms with Crippen LogP contribution in [0.5, 0.6) is 5.75 Å². The number of anilines is 1. The largest absolute Gasteiger partial charge is 0.493 e. The average molecular weight is 477 g/mol. The van der Waals surface area contributed by atoms with Gasteiger partial charge in [0.2, 0.25) is 0 Å². The van der Waals surface area contributed by atoms with Crippen LogP contribution in [0.25, 0.3) is 11.1 Å². The first kappa shape index (κ1) is 24.7. The number of aromatic nitrogens is 1. The van der Waals surface area contributed by atoms with Gasteiger partial charge in [0.1, 0.15) is 11.6 Å². The van der Waals surface area contributed by atoms with E-state index in [1.54, 1.807) is 12.1 Å². The van der Waals surface area contributed by atoms with Crippen molar-refractivity contribution in [2.24, 2.45) is 5.92 Å². The number of rotatable bonds is 8. The number of piperidine rings is 1. The van der Waals surface area contributed by atoms with Gasteiger partial charge < -0.3 is 14.7 Å². The van der Waals surface area contributed by atoms with Crippen molar-refractivity contribution in [2.75, 3.05) is 24.6 Å². The van der Waals surface area contributed by atoms with Gasteiger partial charge in [0, 0.05) is 42.0 Å². The minimum Gasteiger partial charge on any atom is -0.493 e. The first-order valence-corrected chi connectivity index (χ1v) is 12.3. The third kappa shape index (κ3) is 5.99. The third-order valence-corrected chi connectivity index (χ3v) is 6.80. The van der Waals surface area contributed by atoms with Crippen LogP contribution in [-0.2, 0) is 17.6 Å². The molecule has 1 aliphatic heterocycles. The molecule has 0 unspecified atom stereocenters. The van der Waals surface area contributed by atoms with Crippen molar-refractivity contribution in [3.05, 3.63) is 76.9 Å². The van der Waals surface area contributed by atoms with Crippen LogP contribution in [0.15, 0.2) is 48.5 Å². The van der Waals surface area contributed by atoms with E-state index in [0.717, 1.165) is 71.0 Å². The van der Waals surface area contributed by atoms with Crippen LogP contribution in [0.1, 0.15) is 42.3 Å². The van der Waals surface area contributed by atoms with Gasteiger partial charge >= 0.3 is 5.97 Å². The average Bonchev–Trinajstić information content (AvgIpc) is 2.83. The summed E-state index contributed by atoms with van der Waals surface area (Å²) < 4.78 is 19.0. The summed E-state index contributed by atoms with van der Waals surface area (Å²) in [5, 5.41) is 9.62. The molecule has 0 aliphatic carbocycles. The number of carboxylic acids is 1. The van der Waals surface area contributed by atoms with Crippen LogP contribution >= 0.6 is 0 Å². The summed E-state index contributed by atoms with van der Waals surface area (Å²) in [4.78, 5) is 18.8. The maximum atomic E-state index is 13.1. The Hall–Kier alpha value is -3.41. The second-order valence-electron chi connectivity index (χ2n) is 9.47. The van der Waals surface area contributed by atoms with E-state index in [4.69, 9.17) is 9.72 Å². The SMILES string of the molecule is Cc1nc(C)c(-c2ccc(OCCc3ccc(F)cc3)cc2)c(N2CCC(C)CC2)c1CC(=O)O. The fraction of sp³-hybridized carbons (Fsp3) is 0.379. The first-order chi connectivity index (χ1) is 16.8. The molecule has 0 bridgehead atoms. The predicted octanol–water partition coefficient (Wildman–Crippen LogP) is 5.99. The van der Waals surface area contributed by atoms with Crippen LogP contribution in [0, 0.1) is 25.6 Å². The normalized spacial score (nSPS) is 14.2. The van der Waals surface area contributed by atoms with Gasteiger partial charge in [-0.1, -0.05) is 31.2 Å². The molecule has 2 heterocycles. The molecule has 0 atom stereocenters. The number of halogens is 1. The molecule has 0 radical (unpaired) electrons. The predicted molar refractivity (Wildman–Crippen MR) is 137 cm³/mol. The number of hydrogen-bond donors (Lipinski definition) is 1. The number of carbonyl (C=O) groups is 1. The van der Waals surface area contributed by atoms with E-state index < -0.39 is 5.97 Å². The molecule has 3 aromatic rings. The van der Waals surface area contributed by atoms with Crippen LogP contribution in [0.2, 0.25) is 0 Å². The standard InChI is InChI=1S/C29H33FN2O3/c1-19-12-15-32(16-13-19)29-26(18-27(33)34)20(2)31-21(3)28(29)23-6-10-25(11-7-23)35-17-14-22-4-8-24(30)9-5-22/h4-11,19H,12-18H2,1-3H3,(H,33,34). The molecule has 184 valence electrons.